The molecule has 2 aliphatic carbocycles. The number of ether oxygens (including phenoxy) is 1. The molecule has 0 saturated heterocycles. The monoisotopic (exact) mass is 565 g/mol. The van der Waals surface area contributed by atoms with Gasteiger partial charge in [-0.1, -0.05) is 79.2 Å². The van der Waals surface area contributed by atoms with Crippen LogP contribution in [0.15, 0.2) is 114 Å². The Kier molecular flexibility index (Phi) is 7.18. The summed E-state index contributed by atoms with van der Waals surface area (Å²) < 4.78 is 38.3. The molecule has 0 amide bonds. The molecule has 0 spiro atoms. The molecule has 0 N–H and O–H groups in total. The van der Waals surface area contributed by atoms with E-state index in [1.165, 1.54) is 4.31 Å². The molecule has 6 rings (SSSR count). The van der Waals surface area contributed by atoms with Crippen LogP contribution in [0.5, 0.6) is 0 Å². The molecule has 2 atom stereocenters. The molecule has 210 valence electrons. The first-order valence-corrected chi connectivity index (χ1v) is 15.5. The third-order valence-electron chi connectivity index (χ3n) is 8.22. The van der Waals surface area contributed by atoms with Crippen molar-refractivity contribution in [2.24, 2.45) is 5.92 Å². The van der Waals surface area contributed by atoms with E-state index in [-0.39, 0.29) is 17.4 Å². The molecule has 0 bridgehead atoms. The molecule has 41 heavy (non-hydrogen) atoms. The highest BCUT2D eigenvalue weighted by Crippen LogP contribution is 2.39. The summed E-state index contributed by atoms with van der Waals surface area (Å²) in [6, 6.07) is 25.4. The summed E-state index contributed by atoms with van der Waals surface area (Å²) in [5, 5.41) is 4.54. The van der Waals surface area contributed by atoms with E-state index in [0.717, 1.165) is 40.7 Å². The van der Waals surface area contributed by atoms with Gasteiger partial charge in [0.15, 0.2) is 0 Å². The smallest absolute Gasteiger partial charge is 0.264 e. The number of sulfonamides is 1. The lowest BCUT2D eigenvalue weighted by atomic mass is 9.81. The van der Waals surface area contributed by atoms with Crippen molar-refractivity contribution < 1.29 is 13.2 Å². The van der Waals surface area contributed by atoms with Crippen LogP contribution in [0.4, 0.5) is 5.69 Å². The number of nitrogens with zero attached hydrogens (tertiary/aromatic N) is 3. The summed E-state index contributed by atoms with van der Waals surface area (Å²) in [5.41, 5.74) is 4.80. The normalized spacial score (nSPS) is 20.6. The molecule has 1 heterocycles. The van der Waals surface area contributed by atoms with Gasteiger partial charge < -0.3 is 4.74 Å². The Labute approximate surface area is 242 Å². The number of anilines is 1. The van der Waals surface area contributed by atoms with E-state index < -0.39 is 15.6 Å². The maximum atomic E-state index is 14.3. The fourth-order valence-corrected chi connectivity index (χ4v) is 6.93. The van der Waals surface area contributed by atoms with Crippen molar-refractivity contribution in [3.05, 3.63) is 121 Å². The molecule has 2 unspecified atom stereocenters. The Morgan fingerprint density at radius 1 is 0.976 bits per heavy atom. The second-order valence-corrected chi connectivity index (χ2v) is 12.9. The largest absolute Gasteiger partial charge is 0.372 e. The summed E-state index contributed by atoms with van der Waals surface area (Å²) in [4.78, 5) is 0.245. The van der Waals surface area contributed by atoms with E-state index in [2.05, 4.69) is 30.2 Å². The molecule has 4 aromatic rings. The van der Waals surface area contributed by atoms with Crippen LogP contribution < -0.4 is 4.31 Å². The molecule has 1 aromatic heterocycles. The van der Waals surface area contributed by atoms with E-state index in [0.29, 0.717) is 11.7 Å². The molecule has 0 aliphatic heterocycles. The fraction of sp³-hybridized carbons (Fsp3) is 0.265. The molecule has 1 fully saturated rings. The number of aromatic nitrogens is 2. The average molecular weight is 566 g/mol. The zero-order valence-electron chi connectivity index (χ0n) is 23.6. The molecular formula is C34H35N3O3S. The molecule has 1 saturated carbocycles. The van der Waals surface area contributed by atoms with Gasteiger partial charge in [0, 0.05) is 24.8 Å². The van der Waals surface area contributed by atoms with Gasteiger partial charge in [-0.25, -0.2) is 8.42 Å². The van der Waals surface area contributed by atoms with Crippen LogP contribution in [0.2, 0.25) is 0 Å². The van der Waals surface area contributed by atoms with Gasteiger partial charge in [-0.3, -0.25) is 8.99 Å². The lowest BCUT2D eigenvalue weighted by Gasteiger charge is -2.40. The van der Waals surface area contributed by atoms with E-state index in [1.54, 1.807) is 19.2 Å². The Morgan fingerprint density at radius 2 is 1.71 bits per heavy atom. The van der Waals surface area contributed by atoms with Crippen molar-refractivity contribution >= 4 is 21.3 Å². The summed E-state index contributed by atoms with van der Waals surface area (Å²) in [5.74, 6) is -0.0941. The Balaban J connectivity index is 1.40. The van der Waals surface area contributed by atoms with Crippen LogP contribution in [-0.4, -0.2) is 37.5 Å². The second kappa shape index (κ2) is 10.8. The van der Waals surface area contributed by atoms with Crippen molar-refractivity contribution in [3.63, 3.8) is 0 Å². The minimum absolute atomic E-state index is 0.0941. The lowest BCUT2D eigenvalue weighted by molar-refractivity contribution is 0.0109. The number of rotatable bonds is 9. The number of hydrogen-bond acceptors (Lipinski definition) is 4. The first-order valence-electron chi connectivity index (χ1n) is 14.0. The molecule has 7 heteroatoms. The van der Waals surface area contributed by atoms with Crippen LogP contribution in [0.25, 0.3) is 16.7 Å². The predicted molar refractivity (Wildman–Crippen MR) is 164 cm³/mol. The van der Waals surface area contributed by atoms with Crippen LogP contribution >= 0.6 is 0 Å². The van der Waals surface area contributed by atoms with Gasteiger partial charge in [-0.05, 0) is 66.8 Å². The highest BCUT2D eigenvalue weighted by molar-refractivity contribution is 7.92. The highest BCUT2D eigenvalue weighted by atomic mass is 32.2. The van der Waals surface area contributed by atoms with Crippen molar-refractivity contribution in [2.75, 3.05) is 18.0 Å². The fourth-order valence-electron chi connectivity index (χ4n) is 5.43. The second-order valence-electron chi connectivity index (χ2n) is 11.1. The van der Waals surface area contributed by atoms with Crippen LogP contribution in [-0.2, 0) is 14.8 Å². The van der Waals surface area contributed by atoms with Gasteiger partial charge in [0.2, 0.25) is 0 Å². The SMILES string of the molecule is COC1(CN(c2cccc(-c3cnn(C4CC4)c3)c2)S(=O)(=O)c2ccc(C)cc2)C=CC(c2ccccc2)=CC1C. The minimum Gasteiger partial charge on any atom is -0.372 e. The number of benzene rings is 3. The van der Waals surface area contributed by atoms with Gasteiger partial charge in [0.1, 0.15) is 5.60 Å². The standard InChI is InChI=1S/C34H35N3O3S/c1-25-12-16-33(17-13-25)41(38,39)37(32-11-7-10-28(21-32)30-22-35-36(23-30)31-14-15-31)24-34(40-3)19-18-29(20-26(34)2)27-8-5-4-6-9-27/h4-13,16-23,26,31H,14-15,24H2,1-3H3. The molecule has 0 radical (unpaired) electrons. The highest BCUT2D eigenvalue weighted by Gasteiger charge is 2.41. The Bertz CT molecular complexity index is 1700. The molecular weight excluding hydrogens is 530 g/mol. The van der Waals surface area contributed by atoms with E-state index in [9.17, 15) is 8.42 Å². The maximum absolute atomic E-state index is 14.3. The van der Waals surface area contributed by atoms with Crippen molar-refractivity contribution in [3.8, 4) is 11.1 Å². The third kappa shape index (κ3) is 5.39. The number of hydrogen-bond donors (Lipinski definition) is 0. The first-order chi connectivity index (χ1) is 19.8. The summed E-state index contributed by atoms with van der Waals surface area (Å²) in [7, 11) is -2.27. The zero-order valence-corrected chi connectivity index (χ0v) is 24.5. The van der Waals surface area contributed by atoms with Gasteiger partial charge in [0.25, 0.3) is 10.0 Å². The topological polar surface area (TPSA) is 64.4 Å². The van der Waals surface area contributed by atoms with Gasteiger partial charge in [-0.2, -0.15) is 5.10 Å². The Morgan fingerprint density at radius 3 is 2.39 bits per heavy atom. The van der Waals surface area contributed by atoms with Crippen LogP contribution in [0, 0.1) is 12.8 Å². The van der Waals surface area contributed by atoms with Crippen molar-refractivity contribution in [1.82, 2.24) is 9.78 Å². The van der Waals surface area contributed by atoms with Crippen LogP contribution in [0.1, 0.15) is 36.9 Å². The van der Waals surface area contributed by atoms with Crippen LogP contribution in [0.3, 0.4) is 0 Å². The quantitative estimate of drug-likeness (QED) is 0.218. The van der Waals surface area contributed by atoms with E-state index in [4.69, 9.17) is 4.74 Å². The first kappa shape index (κ1) is 27.2. The van der Waals surface area contributed by atoms with E-state index in [1.807, 2.05) is 90.7 Å². The molecule has 2 aliphatic rings. The maximum Gasteiger partial charge on any atom is 0.264 e. The summed E-state index contributed by atoms with van der Waals surface area (Å²) >= 11 is 0. The summed E-state index contributed by atoms with van der Waals surface area (Å²) in [6.07, 6.45) is 12.4. The number of aryl methyl sites for hydroxylation is 1. The third-order valence-corrected chi connectivity index (χ3v) is 10.0. The van der Waals surface area contributed by atoms with Gasteiger partial charge in [-0.15, -0.1) is 0 Å². The van der Waals surface area contributed by atoms with Crippen molar-refractivity contribution in [2.45, 2.75) is 43.2 Å². The average Bonchev–Trinajstić information content (AvgIpc) is 3.73. The summed E-state index contributed by atoms with van der Waals surface area (Å²) in [6.45, 7) is 4.14. The van der Waals surface area contributed by atoms with Crippen molar-refractivity contribution in [1.29, 1.82) is 0 Å². The minimum atomic E-state index is -3.93. The zero-order chi connectivity index (χ0) is 28.6. The lowest BCUT2D eigenvalue weighted by Crippen LogP contribution is -2.50. The molecule has 6 nitrogen and oxygen atoms in total. The number of methoxy groups -OCH3 is 1. The van der Waals surface area contributed by atoms with E-state index >= 15 is 0 Å². The predicted octanol–water partition coefficient (Wildman–Crippen LogP) is 7.06. The molecule has 3 aromatic carbocycles. The van der Waals surface area contributed by atoms with Gasteiger partial charge >= 0.3 is 0 Å². The Hall–Kier alpha value is -3.94. The van der Waals surface area contributed by atoms with Gasteiger partial charge in [0.05, 0.1) is 29.4 Å². The number of allylic oxidation sites excluding steroid dienone is 2.